The van der Waals surface area contributed by atoms with Crippen LogP contribution in [0.1, 0.15) is 97.3 Å². The number of halogens is 4. The lowest BCUT2D eigenvalue weighted by molar-refractivity contribution is -0.122. The van der Waals surface area contributed by atoms with Crippen molar-refractivity contribution in [3.05, 3.63) is 41.1 Å². The predicted molar refractivity (Wildman–Crippen MR) is 133 cm³/mol. The first-order chi connectivity index (χ1) is 19.1. The molecule has 2 saturated carbocycles. The van der Waals surface area contributed by atoms with Gasteiger partial charge in [0.2, 0.25) is 18.3 Å². The number of carbonyl (C=O) groups excluding carboxylic acids is 2. The summed E-state index contributed by atoms with van der Waals surface area (Å²) >= 11 is 0. The molecule has 0 saturated heterocycles. The molecule has 5 rings (SSSR count). The van der Waals surface area contributed by atoms with Gasteiger partial charge in [-0.3, -0.25) is 9.59 Å². The van der Waals surface area contributed by atoms with Crippen LogP contribution < -0.4 is 10.6 Å². The molecule has 2 fully saturated rings. The van der Waals surface area contributed by atoms with E-state index in [1.165, 1.54) is 4.52 Å². The Morgan fingerprint density at radius 2 is 1.82 bits per heavy atom. The highest BCUT2D eigenvalue weighted by Gasteiger charge is 2.40. The molecule has 2 aliphatic rings. The van der Waals surface area contributed by atoms with Crippen molar-refractivity contribution in [2.24, 2.45) is 11.8 Å². The number of nitrogens with one attached hydrogen (secondary N) is 2. The summed E-state index contributed by atoms with van der Waals surface area (Å²) in [5.74, 6) is -3.66. The molecule has 3 heterocycles. The minimum Gasteiger partial charge on any atom is -0.349 e. The average Bonchev–Trinajstić information content (AvgIpc) is 3.51. The first kappa shape index (κ1) is 28.0. The third kappa shape index (κ3) is 6.58. The summed E-state index contributed by atoms with van der Waals surface area (Å²) in [5.41, 5.74) is 1.96. The normalized spacial score (nSPS) is 19.1. The maximum absolute atomic E-state index is 13.9. The number of amides is 2. The molecule has 3 aromatic rings. The Labute approximate surface area is 227 Å². The second kappa shape index (κ2) is 11.5. The fourth-order valence-corrected chi connectivity index (χ4v) is 5.27. The van der Waals surface area contributed by atoms with Crippen LogP contribution in [0, 0.1) is 18.8 Å². The van der Waals surface area contributed by atoms with E-state index in [4.69, 9.17) is 4.98 Å². The number of rotatable bonds is 11. The Balaban J connectivity index is 1.38. The van der Waals surface area contributed by atoms with Gasteiger partial charge < -0.3 is 10.6 Å². The lowest BCUT2D eigenvalue weighted by Gasteiger charge is -2.33. The smallest absolute Gasteiger partial charge is 0.276 e. The quantitative estimate of drug-likeness (QED) is 0.322. The van der Waals surface area contributed by atoms with Crippen LogP contribution in [0.5, 0.6) is 0 Å². The van der Waals surface area contributed by atoms with Crippen molar-refractivity contribution >= 4 is 17.5 Å². The summed E-state index contributed by atoms with van der Waals surface area (Å²) < 4.78 is 58.9. The maximum Gasteiger partial charge on any atom is 0.276 e. The Morgan fingerprint density at radius 3 is 2.48 bits per heavy atom. The van der Waals surface area contributed by atoms with E-state index in [9.17, 15) is 27.2 Å². The van der Waals surface area contributed by atoms with E-state index < -0.39 is 24.3 Å². The molecule has 10 nitrogen and oxygen atoms in total. The van der Waals surface area contributed by atoms with Crippen molar-refractivity contribution in [3.8, 4) is 0 Å². The van der Waals surface area contributed by atoms with Gasteiger partial charge in [-0.1, -0.05) is 5.16 Å². The zero-order valence-electron chi connectivity index (χ0n) is 22.0. The summed E-state index contributed by atoms with van der Waals surface area (Å²) in [5, 5.41) is 17.6. The topological polar surface area (TPSA) is 127 Å². The van der Waals surface area contributed by atoms with Gasteiger partial charge in [0.1, 0.15) is 5.69 Å². The van der Waals surface area contributed by atoms with Gasteiger partial charge in [0.05, 0.1) is 30.2 Å². The number of carbonyl (C=O) groups is 2. The Morgan fingerprint density at radius 1 is 1.10 bits per heavy atom. The molecule has 0 radical (unpaired) electrons. The number of nitrogens with zero attached hydrogens (tertiary/aromatic N) is 5. The van der Waals surface area contributed by atoms with Gasteiger partial charge in [-0.05, 0) is 67.7 Å². The Kier molecular flexibility index (Phi) is 8.04. The highest BCUT2D eigenvalue weighted by molar-refractivity contribution is 5.93. The van der Waals surface area contributed by atoms with Gasteiger partial charge in [0, 0.05) is 25.7 Å². The maximum atomic E-state index is 13.9. The number of aryl methyl sites for hydroxylation is 1. The van der Waals surface area contributed by atoms with E-state index in [0.29, 0.717) is 17.0 Å². The van der Waals surface area contributed by atoms with Crippen molar-refractivity contribution in [1.29, 1.82) is 0 Å². The molecule has 216 valence electrons. The fraction of sp³-hybridized carbons (Fsp3) is 0.615. The molecule has 2 aliphatic carbocycles. The zero-order chi connectivity index (χ0) is 28.4. The van der Waals surface area contributed by atoms with Gasteiger partial charge >= 0.3 is 0 Å². The van der Waals surface area contributed by atoms with Crippen LogP contribution in [0.2, 0.25) is 0 Å². The van der Waals surface area contributed by atoms with Crippen molar-refractivity contribution in [3.63, 3.8) is 0 Å². The van der Waals surface area contributed by atoms with Crippen molar-refractivity contribution in [2.75, 3.05) is 0 Å². The average molecular weight is 566 g/mol. The number of alkyl halides is 4. The number of aromatic nitrogens is 5. The monoisotopic (exact) mass is 565 g/mol. The lowest BCUT2D eigenvalue weighted by atomic mass is 9.81. The standard InChI is InChI=1S/C26H31F4N7O3/c1-14-22(36-40-35-14)25(39)34-24(16-7-9-26(29,30)10-8-16)18-13-37-20(32-18)11-17(12-31-37)23(15-5-6-15)33-21(38)4-2-3-19(27)28/h11-13,15-16,19,23-24H,2-10H2,1H3,(H,33,38)(H,34,39)/t23-,24+/m1/s1. The van der Waals surface area contributed by atoms with Crippen LogP contribution >= 0.6 is 0 Å². The molecule has 2 N–H and O–H groups in total. The van der Waals surface area contributed by atoms with Crippen molar-refractivity contribution in [1.82, 2.24) is 35.5 Å². The SMILES string of the molecule is Cc1nonc1C(=O)N[C@H](c1cn2ncc([C@H](NC(=O)CCCC(F)F)C3CC3)cc2n1)C1CCC(F)(F)CC1. The molecule has 0 bridgehead atoms. The highest BCUT2D eigenvalue weighted by Crippen LogP contribution is 2.42. The van der Waals surface area contributed by atoms with E-state index in [0.717, 1.165) is 18.4 Å². The largest absolute Gasteiger partial charge is 0.349 e. The summed E-state index contributed by atoms with van der Waals surface area (Å²) in [7, 11) is 0. The highest BCUT2D eigenvalue weighted by atomic mass is 19.3. The molecule has 3 aromatic heterocycles. The molecule has 2 amide bonds. The van der Waals surface area contributed by atoms with Gasteiger partial charge in [0.25, 0.3) is 5.91 Å². The van der Waals surface area contributed by atoms with E-state index in [-0.39, 0.29) is 74.4 Å². The fourth-order valence-electron chi connectivity index (χ4n) is 5.27. The minimum absolute atomic E-state index is 0.00637. The van der Waals surface area contributed by atoms with Crippen LogP contribution in [-0.2, 0) is 4.79 Å². The molecule has 0 aromatic carbocycles. The van der Waals surface area contributed by atoms with Crippen LogP contribution in [0.25, 0.3) is 5.65 Å². The first-order valence-electron chi connectivity index (χ1n) is 13.5. The van der Waals surface area contributed by atoms with Gasteiger partial charge in [-0.15, -0.1) is 0 Å². The third-order valence-corrected chi connectivity index (χ3v) is 7.66. The minimum atomic E-state index is -2.74. The summed E-state index contributed by atoms with van der Waals surface area (Å²) in [4.78, 5) is 30.1. The van der Waals surface area contributed by atoms with Crippen LogP contribution in [-0.4, -0.2) is 49.1 Å². The molecule has 0 spiro atoms. The van der Waals surface area contributed by atoms with E-state index in [2.05, 4.69) is 30.7 Å². The second-order valence-electron chi connectivity index (χ2n) is 10.8. The summed E-state index contributed by atoms with van der Waals surface area (Å²) in [6.07, 6.45) is 2.29. The molecular formula is C26H31F4N7O3. The van der Waals surface area contributed by atoms with E-state index in [1.54, 1.807) is 25.4 Å². The van der Waals surface area contributed by atoms with Gasteiger partial charge in [-0.25, -0.2) is 31.7 Å². The summed E-state index contributed by atoms with van der Waals surface area (Å²) in [6, 6.07) is 0.785. The van der Waals surface area contributed by atoms with Crippen LogP contribution in [0.3, 0.4) is 0 Å². The van der Waals surface area contributed by atoms with Gasteiger partial charge in [0.15, 0.2) is 11.3 Å². The number of imidazole rings is 1. The van der Waals surface area contributed by atoms with Crippen LogP contribution in [0.4, 0.5) is 17.6 Å². The zero-order valence-corrected chi connectivity index (χ0v) is 22.0. The lowest BCUT2D eigenvalue weighted by Crippen LogP contribution is -2.37. The van der Waals surface area contributed by atoms with Crippen LogP contribution in [0.15, 0.2) is 23.1 Å². The van der Waals surface area contributed by atoms with E-state index in [1.807, 2.05) is 0 Å². The second-order valence-corrected chi connectivity index (χ2v) is 10.8. The number of hydrogen-bond donors (Lipinski definition) is 2. The van der Waals surface area contributed by atoms with Crippen molar-refractivity contribution < 1.29 is 31.8 Å². The molecular weight excluding hydrogens is 534 g/mol. The van der Waals surface area contributed by atoms with Gasteiger partial charge in [-0.2, -0.15) is 5.10 Å². The molecule has 14 heteroatoms. The molecule has 0 unspecified atom stereocenters. The Hall–Kier alpha value is -3.58. The number of hydrogen-bond acceptors (Lipinski definition) is 7. The predicted octanol–water partition coefficient (Wildman–Crippen LogP) is 4.72. The number of fused-ring (bicyclic) bond motifs is 1. The third-order valence-electron chi connectivity index (χ3n) is 7.66. The van der Waals surface area contributed by atoms with E-state index >= 15 is 0 Å². The molecule has 0 aliphatic heterocycles. The summed E-state index contributed by atoms with van der Waals surface area (Å²) in [6.45, 7) is 1.58. The molecule has 2 atom stereocenters. The van der Waals surface area contributed by atoms with Crippen molar-refractivity contribution in [2.45, 2.75) is 89.1 Å². The first-order valence-corrected chi connectivity index (χ1v) is 13.5. The Bertz CT molecular complexity index is 1350. The molecule has 40 heavy (non-hydrogen) atoms.